The first-order valence-corrected chi connectivity index (χ1v) is 6.48. The molecule has 1 aliphatic rings. The third-order valence-corrected chi connectivity index (χ3v) is 3.54. The number of hydrogen-bond acceptors (Lipinski definition) is 3. The van der Waals surface area contributed by atoms with E-state index in [0.717, 1.165) is 31.9 Å². The van der Waals surface area contributed by atoms with Crippen molar-refractivity contribution < 1.29 is 5.11 Å². The van der Waals surface area contributed by atoms with Crippen LogP contribution in [0.5, 0.6) is 0 Å². The summed E-state index contributed by atoms with van der Waals surface area (Å²) < 4.78 is 2.04. The van der Waals surface area contributed by atoms with E-state index in [1.807, 2.05) is 17.7 Å². The van der Waals surface area contributed by atoms with Crippen LogP contribution in [0.1, 0.15) is 19.5 Å². The van der Waals surface area contributed by atoms with Gasteiger partial charge in [0.15, 0.2) is 0 Å². The minimum atomic E-state index is -0.511. The van der Waals surface area contributed by atoms with Gasteiger partial charge in [-0.25, -0.2) is 0 Å². The van der Waals surface area contributed by atoms with E-state index in [1.54, 1.807) is 0 Å². The summed E-state index contributed by atoms with van der Waals surface area (Å²) in [7, 11) is 0. The first kappa shape index (κ1) is 11.7. The van der Waals surface area contributed by atoms with Gasteiger partial charge in [0.1, 0.15) is 0 Å². The molecule has 0 bridgehead atoms. The van der Waals surface area contributed by atoms with Crippen LogP contribution in [0.3, 0.4) is 0 Å². The summed E-state index contributed by atoms with van der Waals surface area (Å²) in [6.45, 7) is 7.17. The maximum atomic E-state index is 9.76. The molecule has 2 heterocycles. The molecule has 1 aromatic heterocycles. The van der Waals surface area contributed by atoms with Crippen LogP contribution in [-0.4, -0.2) is 38.5 Å². The van der Waals surface area contributed by atoms with Crippen molar-refractivity contribution in [2.75, 3.05) is 13.1 Å². The molecule has 1 aliphatic heterocycles. The van der Waals surface area contributed by atoms with Gasteiger partial charge in [-0.1, -0.05) is 18.2 Å². The third kappa shape index (κ3) is 1.91. The molecule has 0 unspecified atom stereocenters. The van der Waals surface area contributed by atoms with Gasteiger partial charge >= 0.3 is 0 Å². The minimum Gasteiger partial charge on any atom is -0.388 e. The number of fused-ring (bicyclic) bond motifs is 1. The number of benzene rings is 1. The smallest absolute Gasteiger partial charge is 0.0872 e. The third-order valence-electron chi connectivity index (χ3n) is 3.54. The molecule has 3 rings (SSSR count). The van der Waals surface area contributed by atoms with Gasteiger partial charge in [-0.05, 0) is 19.9 Å². The second kappa shape index (κ2) is 4.07. The largest absolute Gasteiger partial charge is 0.388 e. The van der Waals surface area contributed by atoms with Crippen molar-refractivity contribution in [3.63, 3.8) is 0 Å². The molecule has 96 valence electrons. The van der Waals surface area contributed by atoms with Crippen molar-refractivity contribution in [2.24, 2.45) is 0 Å². The molecule has 4 heteroatoms. The van der Waals surface area contributed by atoms with Crippen molar-refractivity contribution in [1.29, 1.82) is 0 Å². The predicted octanol–water partition coefficient (Wildman–Crippen LogP) is 1.62. The molecule has 1 fully saturated rings. The Morgan fingerprint density at radius 2 is 2.06 bits per heavy atom. The number of nitrogens with zero attached hydrogens (tertiary/aromatic N) is 3. The number of aliphatic hydroxyl groups is 1. The molecule has 0 saturated carbocycles. The summed E-state index contributed by atoms with van der Waals surface area (Å²) in [6, 6.07) is 8.34. The molecular weight excluding hydrogens is 226 g/mol. The number of likely N-dealkylation sites (tertiary alicyclic amines) is 1. The van der Waals surface area contributed by atoms with E-state index in [-0.39, 0.29) is 0 Å². The van der Waals surface area contributed by atoms with Crippen molar-refractivity contribution >= 4 is 10.9 Å². The summed E-state index contributed by atoms with van der Waals surface area (Å²) in [4.78, 5) is 2.23. The highest BCUT2D eigenvalue weighted by atomic mass is 16.3. The van der Waals surface area contributed by atoms with Crippen molar-refractivity contribution in [3.05, 3.63) is 30.0 Å². The van der Waals surface area contributed by atoms with Gasteiger partial charge in [-0.15, -0.1) is 0 Å². The molecule has 1 aromatic carbocycles. The average Bonchev–Trinajstić information content (AvgIpc) is 2.66. The Hall–Kier alpha value is -1.39. The number of aromatic nitrogens is 2. The van der Waals surface area contributed by atoms with Gasteiger partial charge in [0, 0.05) is 31.6 Å². The Labute approximate surface area is 107 Å². The van der Waals surface area contributed by atoms with Crippen LogP contribution in [-0.2, 0) is 13.1 Å². The molecule has 0 atom stereocenters. The minimum absolute atomic E-state index is 0.511. The molecule has 18 heavy (non-hydrogen) atoms. The first-order chi connectivity index (χ1) is 8.59. The maximum Gasteiger partial charge on any atom is 0.0872 e. The van der Waals surface area contributed by atoms with Crippen LogP contribution >= 0.6 is 0 Å². The van der Waals surface area contributed by atoms with E-state index >= 15 is 0 Å². The van der Waals surface area contributed by atoms with Crippen molar-refractivity contribution in [3.8, 4) is 0 Å². The van der Waals surface area contributed by atoms with Crippen LogP contribution in [0.2, 0.25) is 0 Å². The fourth-order valence-corrected chi connectivity index (χ4v) is 2.79. The van der Waals surface area contributed by atoms with Gasteiger partial charge in [0.25, 0.3) is 0 Å². The van der Waals surface area contributed by atoms with Gasteiger partial charge < -0.3 is 5.11 Å². The van der Waals surface area contributed by atoms with Gasteiger partial charge in [0.05, 0.1) is 16.8 Å². The zero-order chi connectivity index (χ0) is 12.8. The molecule has 0 amide bonds. The summed E-state index contributed by atoms with van der Waals surface area (Å²) in [5.41, 5.74) is 1.80. The van der Waals surface area contributed by atoms with E-state index in [2.05, 4.69) is 35.1 Å². The lowest BCUT2D eigenvalue weighted by Gasteiger charge is -2.43. The SMILES string of the molecule is CCn1nc(CN2CC(C)(O)C2)c2ccccc21. The van der Waals surface area contributed by atoms with Crippen LogP contribution in [0, 0.1) is 0 Å². The summed E-state index contributed by atoms with van der Waals surface area (Å²) in [6.07, 6.45) is 0. The predicted molar refractivity (Wildman–Crippen MR) is 71.3 cm³/mol. The lowest BCUT2D eigenvalue weighted by atomic mass is 9.97. The first-order valence-electron chi connectivity index (χ1n) is 6.48. The van der Waals surface area contributed by atoms with Crippen LogP contribution < -0.4 is 0 Å². The lowest BCUT2D eigenvalue weighted by Crippen LogP contribution is -2.59. The standard InChI is InChI=1S/C14H19N3O/c1-3-17-13-7-5-4-6-11(13)12(15-17)8-16-9-14(2,18)10-16/h4-7,18H,3,8-10H2,1-2H3. The van der Waals surface area contributed by atoms with Gasteiger partial charge in [0.2, 0.25) is 0 Å². The summed E-state index contributed by atoms with van der Waals surface area (Å²) >= 11 is 0. The molecule has 0 aliphatic carbocycles. The lowest BCUT2D eigenvalue weighted by molar-refractivity contribution is -0.0874. The summed E-state index contributed by atoms with van der Waals surface area (Å²) in [5.74, 6) is 0. The Balaban J connectivity index is 1.88. The van der Waals surface area contributed by atoms with E-state index in [0.29, 0.717) is 0 Å². The van der Waals surface area contributed by atoms with Crippen molar-refractivity contribution in [1.82, 2.24) is 14.7 Å². The van der Waals surface area contributed by atoms with Gasteiger partial charge in [-0.3, -0.25) is 9.58 Å². The molecule has 1 saturated heterocycles. The van der Waals surface area contributed by atoms with E-state index < -0.39 is 5.60 Å². The number of rotatable bonds is 3. The summed E-state index contributed by atoms with van der Waals surface area (Å²) in [5, 5.41) is 15.7. The fourth-order valence-electron chi connectivity index (χ4n) is 2.79. The molecule has 0 spiro atoms. The van der Waals surface area contributed by atoms with E-state index in [1.165, 1.54) is 10.9 Å². The Morgan fingerprint density at radius 1 is 1.33 bits per heavy atom. The Kier molecular flexibility index (Phi) is 2.64. The monoisotopic (exact) mass is 245 g/mol. The zero-order valence-electron chi connectivity index (χ0n) is 10.9. The Morgan fingerprint density at radius 3 is 2.72 bits per heavy atom. The second-order valence-electron chi connectivity index (χ2n) is 5.42. The average molecular weight is 245 g/mol. The highest BCUT2D eigenvalue weighted by Crippen LogP contribution is 2.25. The van der Waals surface area contributed by atoms with E-state index in [9.17, 15) is 5.11 Å². The molecule has 2 aromatic rings. The highest BCUT2D eigenvalue weighted by Gasteiger charge is 2.36. The Bertz CT molecular complexity index is 565. The van der Waals surface area contributed by atoms with Gasteiger partial charge in [-0.2, -0.15) is 5.10 Å². The van der Waals surface area contributed by atoms with Crippen LogP contribution in [0.4, 0.5) is 0 Å². The maximum absolute atomic E-state index is 9.76. The second-order valence-corrected chi connectivity index (χ2v) is 5.42. The van der Waals surface area contributed by atoms with Crippen LogP contribution in [0.25, 0.3) is 10.9 Å². The van der Waals surface area contributed by atoms with Crippen LogP contribution in [0.15, 0.2) is 24.3 Å². The molecule has 1 N–H and O–H groups in total. The number of aryl methyl sites for hydroxylation is 1. The number of para-hydroxylation sites is 1. The highest BCUT2D eigenvalue weighted by molar-refractivity contribution is 5.81. The number of hydrogen-bond donors (Lipinski definition) is 1. The normalized spacial score (nSPS) is 19.1. The molecule has 4 nitrogen and oxygen atoms in total. The quantitative estimate of drug-likeness (QED) is 0.893. The topological polar surface area (TPSA) is 41.3 Å². The molecule has 0 radical (unpaired) electrons. The van der Waals surface area contributed by atoms with Crippen molar-refractivity contribution in [2.45, 2.75) is 32.5 Å². The fraction of sp³-hybridized carbons (Fsp3) is 0.500. The number of β-amino-alcohol motifs (C(OH)–C–C–N with tert-alkyl or cyclic N) is 1. The molecular formula is C14H19N3O. The zero-order valence-corrected chi connectivity index (χ0v) is 10.9. The van der Waals surface area contributed by atoms with E-state index in [4.69, 9.17) is 0 Å².